The van der Waals surface area contributed by atoms with Crippen molar-refractivity contribution in [3.63, 3.8) is 0 Å². The van der Waals surface area contributed by atoms with Gasteiger partial charge in [-0.2, -0.15) is 0 Å². The maximum Gasteiger partial charge on any atom is 0.475 e. The molecule has 9 heteroatoms. The number of benzene rings is 2. The molecule has 0 aliphatic carbocycles. The molecule has 2 atom stereocenters. The molecule has 2 aromatic carbocycles. The highest BCUT2D eigenvalue weighted by Gasteiger charge is 2.29. The van der Waals surface area contributed by atoms with Crippen molar-refractivity contribution in [2.45, 2.75) is 32.8 Å². The van der Waals surface area contributed by atoms with Crippen molar-refractivity contribution in [1.82, 2.24) is 10.6 Å². The monoisotopic (exact) mass is 436 g/mol. The van der Waals surface area contributed by atoms with Gasteiger partial charge in [0.25, 0.3) is 0 Å². The molecule has 2 unspecified atom stereocenters. The molecule has 0 bridgehead atoms. The first kappa shape index (κ1) is 23.2. The van der Waals surface area contributed by atoms with Gasteiger partial charge in [-0.1, -0.05) is 59.1 Å². The third-order valence-electron chi connectivity index (χ3n) is 4.52. The molecule has 2 rings (SSSR count). The molecule has 154 valence electrons. The number of hydrogen-bond donors (Lipinski definition) is 4. The molecule has 2 aromatic rings. The molecule has 0 heterocycles. The van der Waals surface area contributed by atoms with Crippen LogP contribution in [-0.4, -0.2) is 34.9 Å². The van der Waals surface area contributed by atoms with E-state index in [-0.39, 0.29) is 13.0 Å². The van der Waals surface area contributed by atoms with Gasteiger partial charge < -0.3 is 20.7 Å². The van der Waals surface area contributed by atoms with E-state index >= 15 is 0 Å². The van der Waals surface area contributed by atoms with E-state index < -0.39 is 30.8 Å². The maximum absolute atomic E-state index is 12.4. The summed E-state index contributed by atoms with van der Waals surface area (Å²) in [6.07, 6.45) is 0.221. The average Bonchev–Trinajstić information content (AvgIpc) is 2.67. The summed E-state index contributed by atoms with van der Waals surface area (Å²) in [5.74, 6) is -3.07. The van der Waals surface area contributed by atoms with Crippen LogP contribution in [0.4, 0.5) is 0 Å². The van der Waals surface area contributed by atoms with E-state index in [1.54, 1.807) is 18.2 Å². The predicted octanol–water partition coefficient (Wildman–Crippen LogP) is 2.29. The van der Waals surface area contributed by atoms with Crippen molar-refractivity contribution in [2.75, 3.05) is 0 Å². The van der Waals surface area contributed by atoms with Gasteiger partial charge in [-0.25, -0.2) is 0 Å². The molecule has 0 aliphatic rings. The Morgan fingerprint density at radius 2 is 1.72 bits per heavy atom. The van der Waals surface area contributed by atoms with Crippen LogP contribution in [0.25, 0.3) is 0 Å². The fraction of sp³-hybridized carbons (Fsp3) is 0.300. The van der Waals surface area contributed by atoms with E-state index in [9.17, 15) is 19.6 Å². The van der Waals surface area contributed by atoms with Gasteiger partial charge in [0.15, 0.2) is 0 Å². The lowest BCUT2D eigenvalue weighted by molar-refractivity contribution is -0.134. The van der Waals surface area contributed by atoms with Crippen molar-refractivity contribution in [3.05, 3.63) is 69.2 Å². The molecular formula is C20H23BCl2N2O4. The van der Waals surface area contributed by atoms with Crippen molar-refractivity contribution in [2.24, 2.45) is 5.92 Å². The lowest BCUT2D eigenvalue weighted by Crippen LogP contribution is -2.51. The van der Waals surface area contributed by atoms with Crippen LogP contribution in [0.3, 0.4) is 0 Å². The van der Waals surface area contributed by atoms with E-state index in [1.165, 1.54) is 6.92 Å². The van der Waals surface area contributed by atoms with Gasteiger partial charge >= 0.3 is 7.12 Å². The van der Waals surface area contributed by atoms with Crippen molar-refractivity contribution >= 4 is 42.1 Å². The SMILES string of the molecule is Cc1ccc(CC(NC(=O)C(C)C(=O)NCc2ccc(Cl)cc2Cl)B(O)O)cc1. The highest BCUT2D eigenvalue weighted by Crippen LogP contribution is 2.20. The molecule has 0 aliphatic heterocycles. The summed E-state index contributed by atoms with van der Waals surface area (Å²) >= 11 is 11.9. The lowest BCUT2D eigenvalue weighted by Gasteiger charge is -2.20. The fourth-order valence-corrected chi connectivity index (χ4v) is 3.11. The molecular weight excluding hydrogens is 414 g/mol. The minimum absolute atomic E-state index is 0.141. The first-order valence-corrected chi connectivity index (χ1v) is 9.86. The molecule has 0 saturated heterocycles. The number of carbonyl (C=O) groups is 2. The molecule has 2 amide bonds. The third-order valence-corrected chi connectivity index (χ3v) is 5.11. The number of halogens is 2. The quantitative estimate of drug-likeness (QED) is 0.377. The van der Waals surface area contributed by atoms with Crippen LogP contribution in [-0.2, 0) is 22.6 Å². The van der Waals surface area contributed by atoms with Gasteiger partial charge in [0, 0.05) is 16.6 Å². The fourth-order valence-electron chi connectivity index (χ4n) is 2.64. The Morgan fingerprint density at radius 1 is 1.07 bits per heavy atom. The van der Waals surface area contributed by atoms with Gasteiger partial charge in [-0.05, 0) is 43.5 Å². The number of hydrogen-bond acceptors (Lipinski definition) is 4. The van der Waals surface area contributed by atoms with Crippen LogP contribution in [0.1, 0.15) is 23.6 Å². The van der Waals surface area contributed by atoms with Crippen LogP contribution in [0, 0.1) is 12.8 Å². The topological polar surface area (TPSA) is 98.7 Å². The second-order valence-corrected chi connectivity index (χ2v) is 7.74. The molecule has 0 radical (unpaired) electrons. The zero-order chi connectivity index (χ0) is 21.6. The van der Waals surface area contributed by atoms with Gasteiger partial charge in [0.2, 0.25) is 11.8 Å². The first-order valence-electron chi connectivity index (χ1n) is 9.11. The molecule has 6 nitrogen and oxygen atoms in total. The van der Waals surface area contributed by atoms with E-state index in [2.05, 4.69) is 10.6 Å². The minimum Gasteiger partial charge on any atom is -0.426 e. The normalized spacial score (nSPS) is 12.8. The van der Waals surface area contributed by atoms with Crippen molar-refractivity contribution in [1.29, 1.82) is 0 Å². The zero-order valence-corrected chi connectivity index (χ0v) is 17.7. The van der Waals surface area contributed by atoms with Crippen LogP contribution in [0.15, 0.2) is 42.5 Å². The van der Waals surface area contributed by atoms with Gasteiger partial charge in [-0.3, -0.25) is 9.59 Å². The van der Waals surface area contributed by atoms with Crippen LogP contribution in [0.5, 0.6) is 0 Å². The Balaban J connectivity index is 1.93. The Bertz CT molecular complexity index is 862. The minimum atomic E-state index is -1.76. The summed E-state index contributed by atoms with van der Waals surface area (Å²) in [7, 11) is -1.76. The summed E-state index contributed by atoms with van der Waals surface area (Å²) < 4.78 is 0. The Labute approximate surface area is 180 Å². The van der Waals surface area contributed by atoms with E-state index in [0.29, 0.717) is 15.6 Å². The second kappa shape index (κ2) is 10.6. The summed E-state index contributed by atoms with van der Waals surface area (Å²) in [6, 6.07) is 12.4. The molecule has 0 saturated carbocycles. The van der Waals surface area contributed by atoms with E-state index in [0.717, 1.165) is 11.1 Å². The van der Waals surface area contributed by atoms with Gasteiger partial charge in [0.1, 0.15) is 5.92 Å². The lowest BCUT2D eigenvalue weighted by atomic mass is 9.75. The van der Waals surface area contributed by atoms with Crippen molar-refractivity contribution in [3.8, 4) is 0 Å². The van der Waals surface area contributed by atoms with Crippen LogP contribution >= 0.6 is 23.2 Å². The van der Waals surface area contributed by atoms with E-state index in [4.69, 9.17) is 23.2 Å². The summed E-state index contributed by atoms with van der Waals surface area (Å²) in [6.45, 7) is 3.53. The number of amides is 2. The van der Waals surface area contributed by atoms with E-state index in [1.807, 2.05) is 31.2 Å². The first-order chi connectivity index (χ1) is 13.7. The zero-order valence-electron chi connectivity index (χ0n) is 16.2. The standard InChI is InChI=1S/C20H23BCl2N2O4/c1-12-3-5-14(6-4-12)9-18(21(28)29)25-20(27)13(2)19(26)24-11-15-7-8-16(22)10-17(15)23/h3-8,10,13,18,28-29H,9,11H2,1-2H3,(H,24,26)(H,25,27). The van der Waals surface area contributed by atoms with Gasteiger partial charge in [0.05, 0.1) is 5.94 Å². The van der Waals surface area contributed by atoms with Crippen LogP contribution < -0.4 is 10.6 Å². The maximum atomic E-state index is 12.4. The van der Waals surface area contributed by atoms with Crippen molar-refractivity contribution < 1.29 is 19.6 Å². The molecule has 4 N–H and O–H groups in total. The highest BCUT2D eigenvalue weighted by molar-refractivity contribution is 6.43. The number of aryl methyl sites for hydroxylation is 1. The Hall–Kier alpha value is -2.06. The highest BCUT2D eigenvalue weighted by atomic mass is 35.5. The molecule has 0 fully saturated rings. The predicted molar refractivity (Wildman–Crippen MR) is 114 cm³/mol. The number of nitrogens with one attached hydrogen (secondary N) is 2. The van der Waals surface area contributed by atoms with Gasteiger partial charge in [-0.15, -0.1) is 0 Å². The summed E-state index contributed by atoms with van der Waals surface area (Å²) in [5, 5.41) is 25.3. The number of carbonyl (C=O) groups excluding carboxylic acids is 2. The largest absolute Gasteiger partial charge is 0.475 e. The molecule has 0 spiro atoms. The summed E-state index contributed by atoms with van der Waals surface area (Å²) in [4.78, 5) is 24.7. The second-order valence-electron chi connectivity index (χ2n) is 6.89. The number of rotatable bonds is 8. The molecule has 0 aromatic heterocycles. The Morgan fingerprint density at radius 3 is 2.31 bits per heavy atom. The average molecular weight is 437 g/mol. The Kier molecular flexibility index (Phi) is 8.52. The summed E-state index contributed by atoms with van der Waals surface area (Å²) in [5.41, 5.74) is 2.58. The molecule has 29 heavy (non-hydrogen) atoms. The smallest absolute Gasteiger partial charge is 0.426 e. The van der Waals surface area contributed by atoms with Crippen LogP contribution in [0.2, 0.25) is 10.0 Å². The third kappa shape index (κ3) is 7.05.